The minimum Gasteiger partial charge on any atom is -0.380 e. The van der Waals surface area contributed by atoms with Gasteiger partial charge in [-0.2, -0.15) is 8.78 Å². The van der Waals surface area contributed by atoms with Gasteiger partial charge in [0.1, 0.15) is 0 Å². The number of thioether (sulfide) groups is 1. The number of carbonyl (C=O) groups is 1. The second-order valence-electron chi connectivity index (χ2n) is 17.5. The number of sulfone groups is 1. The molecule has 1 amide bonds. The maximum atomic E-state index is 14.6. The number of sulfonamides is 1. The van der Waals surface area contributed by atoms with Crippen LogP contribution in [-0.4, -0.2) is 115 Å². The van der Waals surface area contributed by atoms with Gasteiger partial charge in [0.2, 0.25) is 0 Å². The number of allylic oxidation sites excluding steroid dienone is 1. The van der Waals surface area contributed by atoms with Crippen molar-refractivity contribution in [2.75, 3.05) is 81.5 Å². The minimum atomic E-state index is -5.62. The Morgan fingerprint density at radius 1 is 0.866 bits per heavy atom. The Labute approximate surface area is 408 Å². The average Bonchev–Trinajstić information content (AvgIpc) is 3.33. The maximum Gasteiger partial charge on any atom is 0.427 e. The molecule has 2 heterocycles. The van der Waals surface area contributed by atoms with Crippen LogP contribution in [0.5, 0.6) is 0 Å². The largest absolute Gasteiger partial charge is 0.427 e. The van der Waals surface area contributed by atoms with E-state index in [9.17, 15) is 30.4 Å². The second kappa shape index (κ2) is 22.3. The first-order chi connectivity index (χ1) is 32.0. The SMILES string of the molecule is CCC1(CC)CCC(CN2CCN(c3ccc(C(=O)NS(=O)(=O)c4ccc(N[C@H](CCN5CCOCC5)CSc5ccccc5)c(S(=O)(=O)C(F)(F)Cl)c4)cc3)CC2)=C(c2ccc(Cl)cc2)C1. The molecule has 0 unspecified atom stereocenters. The van der Waals surface area contributed by atoms with Gasteiger partial charge in [-0.25, -0.2) is 21.6 Å². The summed E-state index contributed by atoms with van der Waals surface area (Å²) in [5, 5.41) is 3.83. The Balaban J connectivity index is 1.02. The Kier molecular flexibility index (Phi) is 17.0. The molecule has 0 aromatic heterocycles. The van der Waals surface area contributed by atoms with Gasteiger partial charge in [-0.15, -0.1) is 11.8 Å². The zero-order chi connectivity index (χ0) is 47.8. The van der Waals surface area contributed by atoms with E-state index in [1.54, 1.807) is 12.1 Å². The van der Waals surface area contributed by atoms with Crippen molar-refractivity contribution in [3.05, 3.63) is 119 Å². The molecule has 2 fully saturated rings. The van der Waals surface area contributed by atoms with Crippen LogP contribution < -0.4 is 14.9 Å². The Morgan fingerprint density at radius 3 is 2.18 bits per heavy atom. The molecule has 3 aliphatic rings. The monoisotopic (exact) mass is 1020 g/mol. The third-order valence-electron chi connectivity index (χ3n) is 13.4. The Bertz CT molecular complexity index is 2570. The van der Waals surface area contributed by atoms with Crippen molar-refractivity contribution in [2.24, 2.45) is 5.41 Å². The summed E-state index contributed by atoms with van der Waals surface area (Å²) < 4.78 is 85.9. The van der Waals surface area contributed by atoms with E-state index in [4.69, 9.17) is 27.9 Å². The zero-order valence-corrected chi connectivity index (χ0v) is 41.8. The molecule has 0 bridgehead atoms. The molecule has 0 radical (unpaired) electrons. The Morgan fingerprint density at radius 2 is 1.54 bits per heavy atom. The van der Waals surface area contributed by atoms with Crippen molar-refractivity contribution in [1.29, 1.82) is 0 Å². The fraction of sp³-hybridized carbons (Fsp3) is 0.449. The molecule has 2 aliphatic heterocycles. The normalized spacial score (nSPS) is 18.1. The predicted octanol–water partition coefficient (Wildman–Crippen LogP) is 9.88. The lowest BCUT2D eigenvalue weighted by molar-refractivity contribution is 0.0370. The fourth-order valence-electron chi connectivity index (χ4n) is 9.07. The number of ether oxygens (including phenoxy) is 1. The molecule has 0 spiro atoms. The molecule has 1 atom stereocenters. The van der Waals surface area contributed by atoms with Crippen LogP contribution in [0, 0.1) is 5.41 Å². The molecular weight excluding hydrogens is 960 g/mol. The molecular formula is C49H59Cl2F2N5O6S3. The summed E-state index contributed by atoms with van der Waals surface area (Å²) in [6.45, 7) is 11.9. The van der Waals surface area contributed by atoms with Gasteiger partial charge in [-0.05, 0) is 121 Å². The van der Waals surface area contributed by atoms with E-state index < -0.39 is 46.3 Å². The van der Waals surface area contributed by atoms with Crippen molar-refractivity contribution >= 4 is 77.7 Å². The number of anilines is 2. The van der Waals surface area contributed by atoms with Crippen molar-refractivity contribution in [1.82, 2.24) is 14.5 Å². The van der Waals surface area contributed by atoms with Crippen LogP contribution in [0.25, 0.3) is 5.57 Å². The van der Waals surface area contributed by atoms with Gasteiger partial charge in [0, 0.05) is 85.3 Å². The first kappa shape index (κ1) is 51.1. The number of carbonyl (C=O) groups excluding carboxylic acids is 1. The number of hydrogen-bond acceptors (Lipinski definition) is 11. The molecule has 0 saturated carbocycles. The number of hydrogen-bond donors (Lipinski definition) is 2. The topological polar surface area (TPSA) is 128 Å². The average molecular weight is 1020 g/mol. The standard InChI is InChI=1S/C49H59Cl2F2N5O6S3/c1-3-48(4-2)22-20-38(44(33-48)36-10-14-39(50)15-11-36)34-57-24-26-58(27-25-57)41-16-12-37(13-17-41)47(59)55-67(62,63)43-18-19-45(46(32-43)66(60,61)49(51,52)53)54-40(21-23-56-28-30-64-31-29-56)35-65-42-8-6-5-7-9-42/h5-19,32,40,54H,3-4,20-31,33-35H2,1-2H3,(H,55,59)/t40-/m1/s1. The summed E-state index contributed by atoms with van der Waals surface area (Å²) in [4.78, 5) is 19.6. The second-order valence-corrected chi connectivity index (χ2v) is 23.4. The maximum absolute atomic E-state index is 14.6. The van der Waals surface area contributed by atoms with E-state index in [0.29, 0.717) is 56.5 Å². The molecule has 1 aliphatic carbocycles. The van der Waals surface area contributed by atoms with Crippen LogP contribution in [0.3, 0.4) is 0 Å². The van der Waals surface area contributed by atoms with Crippen molar-refractivity contribution < 1.29 is 35.1 Å². The van der Waals surface area contributed by atoms with Crippen LogP contribution in [0.2, 0.25) is 5.02 Å². The van der Waals surface area contributed by atoms with Crippen LogP contribution in [0.4, 0.5) is 20.2 Å². The summed E-state index contributed by atoms with van der Waals surface area (Å²) >= 11 is 12.9. The van der Waals surface area contributed by atoms with Crippen LogP contribution in [0.1, 0.15) is 68.3 Å². The van der Waals surface area contributed by atoms with Gasteiger partial charge in [0.25, 0.3) is 25.8 Å². The summed E-state index contributed by atoms with van der Waals surface area (Å²) in [5.41, 5.74) is 5.14. The number of morpholine rings is 1. The molecule has 7 rings (SSSR count). The number of halogens is 4. The number of benzene rings is 4. The highest BCUT2D eigenvalue weighted by Crippen LogP contribution is 2.48. The molecule has 4 aromatic rings. The molecule has 2 saturated heterocycles. The lowest BCUT2D eigenvalue weighted by Gasteiger charge is -2.41. The minimum absolute atomic E-state index is 0.0395. The first-order valence-electron chi connectivity index (χ1n) is 22.8. The fourth-order valence-corrected chi connectivity index (χ4v) is 12.5. The van der Waals surface area contributed by atoms with E-state index in [1.165, 1.54) is 47.0 Å². The molecule has 18 heteroatoms. The van der Waals surface area contributed by atoms with E-state index in [0.717, 1.165) is 86.1 Å². The summed E-state index contributed by atoms with van der Waals surface area (Å²) in [6.07, 6.45) is 6.10. The number of amides is 1. The number of piperazine rings is 1. The van der Waals surface area contributed by atoms with Gasteiger partial charge in [0.15, 0.2) is 0 Å². The van der Waals surface area contributed by atoms with Crippen LogP contribution in [-0.2, 0) is 24.6 Å². The van der Waals surface area contributed by atoms with Gasteiger partial charge >= 0.3 is 4.71 Å². The number of nitrogens with zero attached hydrogens (tertiary/aromatic N) is 3. The van der Waals surface area contributed by atoms with Gasteiger partial charge in [-0.3, -0.25) is 14.6 Å². The van der Waals surface area contributed by atoms with Crippen LogP contribution in [0.15, 0.2) is 117 Å². The summed E-state index contributed by atoms with van der Waals surface area (Å²) in [5.74, 6) is -0.542. The summed E-state index contributed by atoms with van der Waals surface area (Å²) in [7, 11) is -10.4. The van der Waals surface area contributed by atoms with Crippen molar-refractivity contribution in [2.45, 2.75) is 77.8 Å². The molecule has 4 aromatic carbocycles. The van der Waals surface area contributed by atoms with Gasteiger partial charge in [0.05, 0.1) is 28.7 Å². The van der Waals surface area contributed by atoms with Crippen molar-refractivity contribution in [3.63, 3.8) is 0 Å². The third kappa shape index (κ3) is 12.9. The Hall–Kier alpha value is -3.74. The highest BCUT2D eigenvalue weighted by molar-refractivity contribution is 7.99. The van der Waals surface area contributed by atoms with E-state index in [1.807, 2.05) is 47.2 Å². The number of nitrogens with one attached hydrogen (secondary N) is 2. The highest BCUT2D eigenvalue weighted by Gasteiger charge is 2.46. The highest BCUT2D eigenvalue weighted by atomic mass is 35.5. The van der Waals surface area contributed by atoms with Crippen molar-refractivity contribution in [3.8, 4) is 0 Å². The molecule has 11 nitrogen and oxygen atoms in total. The number of rotatable bonds is 19. The van der Waals surface area contributed by atoms with Gasteiger partial charge in [-0.1, -0.05) is 74.2 Å². The van der Waals surface area contributed by atoms with E-state index in [2.05, 4.69) is 46.0 Å². The van der Waals surface area contributed by atoms with Gasteiger partial charge < -0.3 is 15.0 Å². The summed E-state index contributed by atoms with van der Waals surface area (Å²) in [6, 6.07) is 26.6. The quantitative estimate of drug-likeness (QED) is 0.0689. The predicted molar refractivity (Wildman–Crippen MR) is 266 cm³/mol. The molecule has 67 heavy (non-hydrogen) atoms. The first-order valence-corrected chi connectivity index (χ1v) is 27.5. The lowest BCUT2D eigenvalue weighted by Crippen LogP contribution is -2.47. The molecule has 2 N–H and O–H groups in total. The number of alkyl halides is 3. The van der Waals surface area contributed by atoms with E-state index >= 15 is 0 Å². The third-order valence-corrected chi connectivity index (χ3v) is 18.3. The van der Waals surface area contributed by atoms with Crippen LogP contribution >= 0.6 is 35.0 Å². The lowest BCUT2D eigenvalue weighted by atomic mass is 9.67. The zero-order valence-electron chi connectivity index (χ0n) is 37.9. The molecule has 362 valence electrons. The van der Waals surface area contributed by atoms with E-state index in [-0.39, 0.29) is 11.3 Å². The smallest absolute Gasteiger partial charge is 0.380 e.